The molecular weight excluding hydrogens is 246 g/mol. The van der Waals surface area contributed by atoms with Crippen molar-refractivity contribution in [1.29, 1.82) is 0 Å². The molecule has 0 bridgehead atoms. The number of hydrogen-bond acceptors (Lipinski definition) is 3. The Morgan fingerprint density at radius 2 is 2.06 bits per heavy atom. The SMILES string of the molecule is CCN(Cc1ccccc1)[C@@H](CCSC)C(=O)O. The summed E-state index contributed by atoms with van der Waals surface area (Å²) >= 11 is 1.69. The first kappa shape index (κ1) is 15.1. The van der Waals surface area contributed by atoms with Crippen LogP contribution in [0.3, 0.4) is 0 Å². The molecule has 0 fully saturated rings. The zero-order valence-electron chi connectivity index (χ0n) is 11.0. The minimum absolute atomic E-state index is 0.386. The third kappa shape index (κ3) is 4.70. The summed E-state index contributed by atoms with van der Waals surface area (Å²) in [5, 5.41) is 9.33. The molecule has 0 aliphatic heterocycles. The summed E-state index contributed by atoms with van der Waals surface area (Å²) < 4.78 is 0. The summed E-state index contributed by atoms with van der Waals surface area (Å²) in [5.74, 6) is 0.157. The number of rotatable bonds is 8. The van der Waals surface area contributed by atoms with Gasteiger partial charge in [0, 0.05) is 6.54 Å². The number of benzene rings is 1. The zero-order valence-corrected chi connectivity index (χ0v) is 11.8. The van der Waals surface area contributed by atoms with Crippen LogP contribution in [0.15, 0.2) is 30.3 Å². The molecule has 18 heavy (non-hydrogen) atoms. The second-order valence-electron chi connectivity index (χ2n) is 4.18. The fourth-order valence-electron chi connectivity index (χ4n) is 1.95. The van der Waals surface area contributed by atoms with Gasteiger partial charge in [-0.05, 0) is 30.5 Å². The molecule has 0 radical (unpaired) electrons. The first-order chi connectivity index (χ1) is 8.69. The molecule has 0 unspecified atom stereocenters. The van der Waals surface area contributed by atoms with E-state index in [9.17, 15) is 9.90 Å². The Morgan fingerprint density at radius 1 is 1.39 bits per heavy atom. The quantitative estimate of drug-likeness (QED) is 0.786. The lowest BCUT2D eigenvalue weighted by molar-refractivity contribution is -0.143. The molecule has 0 aliphatic carbocycles. The van der Waals surface area contributed by atoms with Crippen molar-refractivity contribution in [3.05, 3.63) is 35.9 Å². The molecule has 0 amide bonds. The van der Waals surface area contributed by atoms with E-state index in [1.807, 2.05) is 48.4 Å². The van der Waals surface area contributed by atoms with Gasteiger partial charge in [0.2, 0.25) is 0 Å². The Labute approximate surface area is 113 Å². The summed E-state index contributed by atoms with van der Waals surface area (Å²) in [6.07, 6.45) is 2.70. The van der Waals surface area contributed by atoms with E-state index in [0.29, 0.717) is 13.0 Å². The molecular formula is C14H21NO2S. The van der Waals surface area contributed by atoms with Gasteiger partial charge in [0.25, 0.3) is 0 Å². The second-order valence-corrected chi connectivity index (χ2v) is 5.17. The van der Waals surface area contributed by atoms with Crippen molar-refractivity contribution in [1.82, 2.24) is 4.90 Å². The van der Waals surface area contributed by atoms with Crippen LogP contribution < -0.4 is 0 Å². The summed E-state index contributed by atoms with van der Waals surface area (Å²) in [5.41, 5.74) is 1.16. The second kappa shape index (κ2) is 8.16. The van der Waals surface area contributed by atoms with Crippen molar-refractivity contribution in [2.24, 2.45) is 0 Å². The van der Waals surface area contributed by atoms with Gasteiger partial charge in [0.1, 0.15) is 6.04 Å². The van der Waals surface area contributed by atoms with Crippen molar-refractivity contribution in [3.8, 4) is 0 Å². The first-order valence-electron chi connectivity index (χ1n) is 6.18. The Balaban J connectivity index is 2.69. The molecule has 0 heterocycles. The molecule has 1 atom stereocenters. The number of likely N-dealkylation sites (N-methyl/N-ethyl adjacent to an activating group) is 1. The summed E-state index contributed by atoms with van der Waals surface area (Å²) in [6, 6.07) is 9.64. The third-order valence-corrected chi connectivity index (χ3v) is 3.60. The average Bonchev–Trinajstić information content (AvgIpc) is 2.38. The lowest BCUT2D eigenvalue weighted by Crippen LogP contribution is -2.41. The third-order valence-electron chi connectivity index (χ3n) is 2.96. The molecule has 1 aromatic rings. The average molecular weight is 267 g/mol. The van der Waals surface area contributed by atoms with E-state index in [4.69, 9.17) is 0 Å². The van der Waals surface area contributed by atoms with Crippen LogP contribution in [0, 0.1) is 0 Å². The van der Waals surface area contributed by atoms with Gasteiger partial charge in [-0.2, -0.15) is 11.8 Å². The van der Waals surface area contributed by atoms with Crippen LogP contribution in [-0.2, 0) is 11.3 Å². The minimum atomic E-state index is -0.721. The molecule has 1 aromatic carbocycles. The topological polar surface area (TPSA) is 40.5 Å². The molecule has 0 saturated heterocycles. The van der Waals surface area contributed by atoms with E-state index in [1.54, 1.807) is 11.8 Å². The Hall–Kier alpha value is -1.00. The number of carboxylic acid groups (broad SMARTS) is 1. The van der Waals surface area contributed by atoms with Crippen LogP contribution in [0.4, 0.5) is 0 Å². The number of nitrogens with zero attached hydrogens (tertiary/aromatic N) is 1. The molecule has 4 heteroatoms. The van der Waals surface area contributed by atoms with Crippen molar-refractivity contribution in [2.45, 2.75) is 25.9 Å². The van der Waals surface area contributed by atoms with Crippen LogP contribution in [0.5, 0.6) is 0 Å². The van der Waals surface area contributed by atoms with Crippen LogP contribution in [0.25, 0.3) is 0 Å². The number of aliphatic carboxylic acids is 1. The van der Waals surface area contributed by atoms with Gasteiger partial charge in [-0.3, -0.25) is 9.69 Å². The predicted octanol–water partition coefficient (Wildman–Crippen LogP) is 2.71. The van der Waals surface area contributed by atoms with E-state index in [0.717, 1.165) is 17.9 Å². The molecule has 0 saturated carbocycles. The summed E-state index contributed by atoms with van der Waals surface area (Å²) in [6.45, 7) is 3.46. The molecule has 3 nitrogen and oxygen atoms in total. The number of carboxylic acids is 1. The van der Waals surface area contributed by atoms with Gasteiger partial charge in [-0.1, -0.05) is 37.3 Å². The van der Waals surface area contributed by atoms with Crippen molar-refractivity contribution in [2.75, 3.05) is 18.6 Å². The fraction of sp³-hybridized carbons (Fsp3) is 0.500. The van der Waals surface area contributed by atoms with Gasteiger partial charge in [0.15, 0.2) is 0 Å². The molecule has 0 spiro atoms. The Morgan fingerprint density at radius 3 is 2.56 bits per heavy atom. The minimum Gasteiger partial charge on any atom is -0.480 e. The van der Waals surface area contributed by atoms with Crippen LogP contribution >= 0.6 is 11.8 Å². The van der Waals surface area contributed by atoms with Crippen LogP contribution in [-0.4, -0.2) is 40.6 Å². The van der Waals surface area contributed by atoms with Gasteiger partial charge in [-0.25, -0.2) is 0 Å². The number of carbonyl (C=O) groups is 1. The fourth-order valence-corrected chi connectivity index (χ4v) is 2.41. The highest BCUT2D eigenvalue weighted by Gasteiger charge is 2.23. The maximum Gasteiger partial charge on any atom is 0.320 e. The van der Waals surface area contributed by atoms with Crippen molar-refractivity contribution >= 4 is 17.7 Å². The standard InChI is InChI=1S/C14H21NO2S/c1-3-15(11-12-7-5-4-6-8-12)13(14(16)17)9-10-18-2/h4-8,13H,3,9-11H2,1-2H3,(H,16,17)/t13-/m0/s1. The smallest absolute Gasteiger partial charge is 0.320 e. The van der Waals surface area contributed by atoms with E-state index in [-0.39, 0.29) is 6.04 Å². The zero-order chi connectivity index (χ0) is 13.4. The monoisotopic (exact) mass is 267 g/mol. The molecule has 1 rings (SSSR count). The van der Waals surface area contributed by atoms with Gasteiger partial charge >= 0.3 is 5.97 Å². The maximum absolute atomic E-state index is 11.3. The Kier molecular flexibility index (Phi) is 6.83. The lowest BCUT2D eigenvalue weighted by Gasteiger charge is -2.27. The molecule has 1 N–H and O–H groups in total. The maximum atomic E-state index is 11.3. The van der Waals surface area contributed by atoms with E-state index in [2.05, 4.69) is 0 Å². The van der Waals surface area contributed by atoms with Crippen LogP contribution in [0.2, 0.25) is 0 Å². The molecule has 0 aliphatic rings. The number of thioether (sulfide) groups is 1. The lowest BCUT2D eigenvalue weighted by atomic mass is 10.1. The highest BCUT2D eigenvalue weighted by atomic mass is 32.2. The summed E-state index contributed by atoms with van der Waals surface area (Å²) in [4.78, 5) is 13.4. The number of hydrogen-bond donors (Lipinski definition) is 1. The highest BCUT2D eigenvalue weighted by Crippen LogP contribution is 2.13. The first-order valence-corrected chi connectivity index (χ1v) is 7.58. The van der Waals surface area contributed by atoms with Gasteiger partial charge in [0.05, 0.1) is 0 Å². The van der Waals surface area contributed by atoms with Crippen molar-refractivity contribution in [3.63, 3.8) is 0 Å². The van der Waals surface area contributed by atoms with E-state index >= 15 is 0 Å². The van der Waals surface area contributed by atoms with Crippen molar-refractivity contribution < 1.29 is 9.90 Å². The molecule has 100 valence electrons. The van der Waals surface area contributed by atoms with E-state index in [1.165, 1.54) is 0 Å². The van der Waals surface area contributed by atoms with Gasteiger partial charge in [-0.15, -0.1) is 0 Å². The van der Waals surface area contributed by atoms with Gasteiger partial charge < -0.3 is 5.11 Å². The largest absolute Gasteiger partial charge is 0.480 e. The van der Waals surface area contributed by atoms with Crippen LogP contribution in [0.1, 0.15) is 18.9 Å². The highest BCUT2D eigenvalue weighted by molar-refractivity contribution is 7.98. The normalized spacial score (nSPS) is 12.6. The Bertz CT molecular complexity index is 356. The van der Waals surface area contributed by atoms with E-state index < -0.39 is 5.97 Å². The summed E-state index contributed by atoms with van der Waals surface area (Å²) in [7, 11) is 0. The predicted molar refractivity (Wildman–Crippen MR) is 76.9 cm³/mol. The molecule has 0 aromatic heterocycles.